The summed E-state index contributed by atoms with van der Waals surface area (Å²) < 4.78 is 46.2. The van der Waals surface area contributed by atoms with E-state index in [1.54, 1.807) is 63.1 Å². The average Bonchev–Trinajstić information content (AvgIpc) is 3.68. The molecule has 248 valence electrons. The van der Waals surface area contributed by atoms with E-state index in [9.17, 15) is 26.4 Å². The predicted molar refractivity (Wildman–Crippen MR) is 184 cm³/mol. The number of amides is 2. The number of hydrogen-bond acceptors (Lipinski definition) is 12. The van der Waals surface area contributed by atoms with Crippen molar-refractivity contribution in [2.24, 2.45) is 0 Å². The number of thiazole rings is 2. The number of nitrogens with one attached hydrogen (secondary N) is 2. The molecule has 46 heavy (non-hydrogen) atoms. The van der Waals surface area contributed by atoms with E-state index in [-0.39, 0.29) is 0 Å². The van der Waals surface area contributed by atoms with Gasteiger partial charge in [0, 0.05) is 34.9 Å². The summed E-state index contributed by atoms with van der Waals surface area (Å²) in [6.07, 6.45) is 4.97. The normalized spacial score (nSPS) is 12.4. The molecule has 2 N–H and O–H groups in total. The first-order valence-electron chi connectivity index (χ1n) is 14.1. The minimum atomic E-state index is -3.59. The highest BCUT2D eigenvalue weighted by molar-refractivity contribution is 7.94. The third kappa shape index (κ3) is 8.03. The SMILES string of the molecule is CC(C)S(=O)(=O)C(C)(C)C(=O)Nc1nc(-c2ccccn2)cs1.CC(C)S(=O)(=O)C(C)(C)C(=O)Nc1nc(-c2ccncc2)cs1. The first-order chi connectivity index (χ1) is 21.3. The van der Waals surface area contributed by atoms with Gasteiger partial charge in [-0.1, -0.05) is 6.07 Å². The zero-order valence-corrected chi connectivity index (χ0v) is 30.1. The zero-order chi connectivity index (χ0) is 34.5. The Hall–Kier alpha value is -3.60. The molecule has 2 amide bonds. The van der Waals surface area contributed by atoms with Gasteiger partial charge >= 0.3 is 0 Å². The lowest BCUT2D eigenvalue weighted by atomic mass is 10.2. The summed E-state index contributed by atoms with van der Waals surface area (Å²) in [5, 5.41) is 8.22. The summed E-state index contributed by atoms with van der Waals surface area (Å²) in [5.74, 6) is -1.17. The molecule has 0 atom stereocenters. The van der Waals surface area contributed by atoms with Crippen molar-refractivity contribution >= 4 is 64.4 Å². The van der Waals surface area contributed by atoms with Gasteiger partial charge in [0.1, 0.15) is 15.2 Å². The minimum absolute atomic E-state index is 0.350. The molecule has 12 nitrogen and oxygen atoms in total. The van der Waals surface area contributed by atoms with E-state index < -0.39 is 51.5 Å². The lowest BCUT2D eigenvalue weighted by Gasteiger charge is -2.25. The van der Waals surface area contributed by atoms with Gasteiger partial charge in [-0.25, -0.2) is 26.8 Å². The molecule has 0 spiro atoms. The van der Waals surface area contributed by atoms with Crippen LogP contribution < -0.4 is 10.6 Å². The molecule has 0 fully saturated rings. The van der Waals surface area contributed by atoms with E-state index in [1.807, 2.05) is 24.3 Å². The standard InChI is InChI=1S/2C15H19N3O3S2/c1-10(2)23(20,21)15(3,4)13(19)18-14-17-12(9-22-14)11-5-7-16-8-6-11;1-10(2)23(20,21)15(3,4)13(19)18-14-17-12(9-22-14)11-7-5-6-8-16-11/h2*5-10H,1-4H3,(H,17,18,19). The number of sulfone groups is 2. The fourth-order valence-corrected chi connectivity index (χ4v) is 8.27. The maximum absolute atomic E-state index is 12.4. The number of rotatable bonds is 10. The van der Waals surface area contributed by atoms with Crippen molar-refractivity contribution in [2.45, 2.75) is 75.4 Å². The lowest BCUT2D eigenvalue weighted by Crippen LogP contribution is -2.47. The number of carbonyl (C=O) groups is 2. The van der Waals surface area contributed by atoms with Gasteiger partial charge in [-0.3, -0.25) is 19.6 Å². The molecule has 4 aromatic rings. The number of hydrogen-bond donors (Lipinski definition) is 2. The van der Waals surface area contributed by atoms with Crippen LogP contribution in [0.15, 0.2) is 59.7 Å². The van der Waals surface area contributed by atoms with Crippen LogP contribution in [-0.2, 0) is 29.3 Å². The summed E-state index contributed by atoms with van der Waals surface area (Å²) >= 11 is 2.48. The highest BCUT2D eigenvalue weighted by Crippen LogP contribution is 2.29. The van der Waals surface area contributed by atoms with Gasteiger partial charge in [0.05, 0.1) is 21.9 Å². The Kier molecular flexibility index (Phi) is 11.6. The smallest absolute Gasteiger partial charge is 0.247 e. The van der Waals surface area contributed by atoms with Crippen molar-refractivity contribution < 1.29 is 26.4 Å². The van der Waals surface area contributed by atoms with E-state index >= 15 is 0 Å². The Morgan fingerprint density at radius 2 is 1.13 bits per heavy atom. The molecule has 0 radical (unpaired) electrons. The summed E-state index contributed by atoms with van der Waals surface area (Å²) in [5.41, 5.74) is 2.91. The van der Waals surface area contributed by atoms with E-state index in [0.717, 1.165) is 5.56 Å². The molecule has 4 heterocycles. The highest BCUT2D eigenvalue weighted by Gasteiger charge is 2.44. The average molecular weight is 707 g/mol. The number of pyridine rings is 2. The second-order valence-corrected chi connectivity index (χ2v) is 19.5. The molecule has 0 saturated heterocycles. The molecular weight excluding hydrogens is 669 g/mol. The van der Waals surface area contributed by atoms with Crippen LogP contribution in [-0.4, -0.2) is 68.6 Å². The molecule has 0 aliphatic rings. The molecular formula is C30H38N6O6S4. The molecule has 0 aromatic carbocycles. The summed E-state index contributed by atoms with van der Waals surface area (Å²) in [4.78, 5) is 41.5. The Morgan fingerprint density at radius 3 is 1.57 bits per heavy atom. The van der Waals surface area contributed by atoms with Crippen molar-refractivity contribution in [3.05, 3.63) is 59.7 Å². The van der Waals surface area contributed by atoms with Crippen molar-refractivity contribution in [2.75, 3.05) is 10.6 Å². The van der Waals surface area contributed by atoms with Crippen LogP contribution in [0.4, 0.5) is 10.3 Å². The van der Waals surface area contributed by atoms with Crippen LogP contribution in [0.5, 0.6) is 0 Å². The van der Waals surface area contributed by atoms with Gasteiger partial charge in [-0.05, 0) is 79.7 Å². The number of nitrogens with zero attached hydrogens (tertiary/aromatic N) is 4. The van der Waals surface area contributed by atoms with Crippen LogP contribution in [0, 0.1) is 0 Å². The van der Waals surface area contributed by atoms with Crippen LogP contribution in [0.3, 0.4) is 0 Å². The summed E-state index contributed by atoms with van der Waals surface area (Å²) in [6.45, 7) is 11.9. The topological polar surface area (TPSA) is 178 Å². The summed E-state index contributed by atoms with van der Waals surface area (Å²) in [6, 6.07) is 9.09. The minimum Gasteiger partial charge on any atom is -0.301 e. The van der Waals surface area contributed by atoms with E-state index in [1.165, 1.54) is 50.4 Å². The third-order valence-electron chi connectivity index (χ3n) is 7.11. The van der Waals surface area contributed by atoms with Crippen molar-refractivity contribution in [1.29, 1.82) is 0 Å². The number of anilines is 2. The van der Waals surface area contributed by atoms with E-state index in [4.69, 9.17) is 0 Å². The number of carbonyl (C=O) groups excluding carboxylic acids is 2. The molecule has 16 heteroatoms. The quantitative estimate of drug-likeness (QED) is 0.214. The fraction of sp³-hybridized carbons (Fsp3) is 0.400. The van der Waals surface area contributed by atoms with Gasteiger partial charge < -0.3 is 10.6 Å². The fourth-order valence-electron chi connectivity index (χ4n) is 3.88. The van der Waals surface area contributed by atoms with Crippen molar-refractivity contribution in [3.63, 3.8) is 0 Å². The molecule has 4 aromatic heterocycles. The highest BCUT2D eigenvalue weighted by atomic mass is 32.2. The molecule has 0 saturated carbocycles. The Bertz CT molecular complexity index is 1730. The third-order valence-corrected chi connectivity index (χ3v) is 14.3. The largest absolute Gasteiger partial charge is 0.301 e. The lowest BCUT2D eigenvalue weighted by molar-refractivity contribution is -0.118. The van der Waals surface area contributed by atoms with E-state index in [0.29, 0.717) is 27.3 Å². The van der Waals surface area contributed by atoms with Gasteiger partial charge in [0.25, 0.3) is 0 Å². The maximum atomic E-state index is 12.4. The Balaban J connectivity index is 0.000000250. The van der Waals surface area contributed by atoms with E-state index in [2.05, 4.69) is 30.6 Å². The van der Waals surface area contributed by atoms with Crippen LogP contribution in [0.25, 0.3) is 22.6 Å². The van der Waals surface area contributed by atoms with Gasteiger partial charge in [-0.15, -0.1) is 22.7 Å². The molecule has 0 bridgehead atoms. The molecule has 0 unspecified atom stereocenters. The van der Waals surface area contributed by atoms with Gasteiger partial charge in [0.15, 0.2) is 29.9 Å². The molecule has 0 aliphatic heterocycles. The predicted octanol–water partition coefficient (Wildman–Crippen LogP) is 5.49. The number of aromatic nitrogens is 4. The second-order valence-electron chi connectivity index (χ2n) is 11.6. The van der Waals surface area contributed by atoms with Crippen LogP contribution in [0.1, 0.15) is 55.4 Å². The second kappa shape index (κ2) is 14.4. The van der Waals surface area contributed by atoms with Crippen LogP contribution >= 0.6 is 22.7 Å². The monoisotopic (exact) mass is 706 g/mol. The van der Waals surface area contributed by atoms with Crippen molar-refractivity contribution in [3.8, 4) is 22.6 Å². The molecule has 0 aliphatic carbocycles. The maximum Gasteiger partial charge on any atom is 0.247 e. The van der Waals surface area contributed by atoms with Crippen molar-refractivity contribution in [1.82, 2.24) is 19.9 Å². The first-order valence-corrected chi connectivity index (χ1v) is 19.0. The van der Waals surface area contributed by atoms with Gasteiger partial charge in [-0.2, -0.15) is 0 Å². The molecule has 4 rings (SSSR count). The van der Waals surface area contributed by atoms with Gasteiger partial charge in [0.2, 0.25) is 11.8 Å². The Morgan fingerprint density at radius 1 is 0.674 bits per heavy atom. The first kappa shape index (κ1) is 36.9. The summed E-state index contributed by atoms with van der Waals surface area (Å²) in [7, 11) is -7.17. The van der Waals surface area contributed by atoms with Crippen LogP contribution in [0.2, 0.25) is 0 Å². The zero-order valence-electron chi connectivity index (χ0n) is 26.8. The Labute approximate surface area is 278 Å².